The van der Waals surface area contributed by atoms with E-state index < -0.39 is 0 Å². The Hall–Kier alpha value is 0.340. The van der Waals surface area contributed by atoms with Gasteiger partial charge in [0.15, 0.2) is 0 Å². The Bertz CT molecular complexity index is 454. The maximum absolute atomic E-state index is 12.1. The number of esters is 2. The van der Waals surface area contributed by atoms with Crippen molar-refractivity contribution < 1.29 is 19.1 Å². The van der Waals surface area contributed by atoms with E-state index in [0.717, 1.165) is 50.2 Å². The van der Waals surface area contributed by atoms with Crippen LogP contribution in [0.2, 0.25) is 0 Å². The molecule has 0 amide bonds. The largest absolute Gasteiger partial charge is 0.465 e. The zero-order chi connectivity index (χ0) is 22.2. The van der Waals surface area contributed by atoms with Crippen LogP contribution in [-0.4, -0.2) is 41.4 Å². The van der Waals surface area contributed by atoms with Crippen molar-refractivity contribution in [2.45, 2.75) is 102 Å². The number of hydrogen-bond acceptors (Lipinski definition) is 8. The molecule has 0 saturated carbocycles. The topological polar surface area (TPSA) is 52.6 Å². The Morgan fingerprint density at radius 3 is 2.23 bits per heavy atom. The van der Waals surface area contributed by atoms with E-state index in [1.54, 1.807) is 10.8 Å². The minimum absolute atomic E-state index is 0.137. The molecule has 1 rings (SSSR count). The number of carbonyl (C=O) groups is 2. The average Bonchev–Trinajstić information content (AvgIpc) is 3.27. The highest BCUT2D eigenvalue weighted by Gasteiger charge is 2.26. The lowest BCUT2D eigenvalue weighted by Gasteiger charge is -2.27. The van der Waals surface area contributed by atoms with Gasteiger partial charge in [-0.15, -0.1) is 11.7 Å². The first kappa shape index (κ1) is 28.4. The first-order chi connectivity index (χ1) is 14.4. The van der Waals surface area contributed by atoms with Gasteiger partial charge < -0.3 is 9.47 Å². The number of unbranched alkanes of at least 4 members (excludes halogenated alkanes) is 2. The van der Waals surface area contributed by atoms with Crippen molar-refractivity contribution in [3.8, 4) is 0 Å². The molecule has 30 heavy (non-hydrogen) atoms. The Kier molecular flexibility index (Phi) is 16.0. The van der Waals surface area contributed by atoms with E-state index in [0.29, 0.717) is 31.3 Å². The molecule has 176 valence electrons. The van der Waals surface area contributed by atoms with E-state index in [2.05, 4.69) is 18.6 Å². The predicted octanol–water partition coefficient (Wildman–Crippen LogP) is 7.12. The average molecular weight is 497 g/mol. The van der Waals surface area contributed by atoms with Crippen LogP contribution in [0.4, 0.5) is 0 Å². The van der Waals surface area contributed by atoms with Crippen LogP contribution in [0.15, 0.2) is 0 Å². The highest BCUT2D eigenvalue weighted by Crippen LogP contribution is 2.39. The van der Waals surface area contributed by atoms with Gasteiger partial charge in [-0.05, 0) is 44.9 Å². The van der Waals surface area contributed by atoms with Crippen LogP contribution in [0.25, 0.3) is 0 Å². The van der Waals surface area contributed by atoms with Gasteiger partial charge in [-0.1, -0.05) is 66.0 Å². The second-order valence-corrected chi connectivity index (χ2v) is 12.7. The highest BCUT2D eigenvalue weighted by atomic mass is 33.1. The third kappa shape index (κ3) is 13.0. The lowest BCUT2D eigenvalue weighted by molar-refractivity contribution is -0.153. The Labute approximate surface area is 200 Å². The molecule has 1 aliphatic rings. The van der Waals surface area contributed by atoms with E-state index in [1.165, 1.54) is 18.6 Å². The predicted molar refractivity (Wildman–Crippen MR) is 136 cm³/mol. The van der Waals surface area contributed by atoms with Crippen LogP contribution < -0.4 is 0 Å². The fraction of sp³-hybridized carbons (Fsp3) is 0.909. The first-order valence-corrected chi connectivity index (χ1v) is 15.6. The number of thiol groups is 1. The van der Waals surface area contributed by atoms with Crippen molar-refractivity contribution in [1.29, 1.82) is 0 Å². The van der Waals surface area contributed by atoms with E-state index >= 15 is 0 Å². The Morgan fingerprint density at radius 2 is 1.73 bits per heavy atom. The lowest BCUT2D eigenvalue weighted by Crippen LogP contribution is -2.31. The van der Waals surface area contributed by atoms with Gasteiger partial charge >= 0.3 is 11.9 Å². The summed E-state index contributed by atoms with van der Waals surface area (Å²) in [4.78, 5) is 24.1. The van der Waals surface area contributed by atoms with Crippen molar-refractivity contribution in [2.75, 3.05) is 19.0 Å². The Morgan fingerprint density at radius 1 is 1.10 bits per heavy atom. The fourth-order valence-electron chi connectivity index (χ4n) is 3.08. The zero-order valence-corrected chi connectivity index (χ0v) is 22.2. The summed E-state index contributed by atoms with van der Waals surface area (Å²) < 4.78 is 11.0. The second-order valence-electron chi connectivity index (χ2n) is 8.44. The van der Waals surface area contributed by atoms with Gasteiger partial charge in [-0.3, -0.25) is 9.59 Å². The van der Waals surface area contributed by atoms with E-state index in [-0.39, 0.29) is 17.4 Å². The van der Waals surface area contributed by atoms with E-state index in [9.17, 15) is 9.59 Å². The molecule has 1 fully saturated rings. The number of rotatable bonds is 17. The minimum Gasteiger partial charge on any atom is -0.465 e. The molecule has 0 radical (unpaired) electrons. The Balaban J connectivity index is 2.14. The van der Waals surface area contributed by atoms with Crippen molar-refractivity contribution >= 4 is 56.0 Å². The molecule has 3 unspecified atom stereocenters. The fourth-order valence-corrected chi connectivity index (χ4v) is 7.29. The molecule has 0 aromatic rings. The van der Waals surface area contributed by atoms with E-state index in [1.807, 2.05) is 35.4 Å². The van der Waals surface area contributed by atoms with Crippen molar-refractivity contribution in [2.24, 2.45) is 5.41 Å². The second kappa shape index (κ2) is 16.9. The zero-order valence-electron chi connectivity index (χ0n) is 18.9. The van der Waals surface area contributed by atoms with Crippen LogP contribution in [-0.2, 0) is 19.1 Å². The van der Waals surface area contributed by atoms with Crippen LogP contribution in [0.1, 0.15) is 91.4 Å². The van der Waals surface area contributed by atoms with Gasteiger partial charge in [0, 0.05) is 34.5 Å². The molecule has 1 heterocycles. The molecule has 8 heteroatoms. The molecule has 1 aliphatic heterocycles. The summed E-state index contributed by atoms with van der Waals surface area (Å²) in [5.74, 6) is 0.962. The smallest absolute Gasteiger partial charge is 0.305 e. The molecule has 3 atom stereocenters. The third-order valence-corrected chi connectivity index (χ3v) is 10.4. The third-order valence-electron chi connectivity index (χ3n) is 5.66. The van der Waals surface area contributed by atoms with Crippen molar-refractivity contribution in [1.82, 2.24) is 0 Å². The lowest BCUT2D eigenvalue weighted by atomic mass is 9.90. The maximum Gasteiger partial charge on any atom is 0.305 e. The molecule has 0 spiro atoms. The van der Waals surface area contributed by atoms with Gasteiger partial charge in [0.1, 0.15) is 0 Å². The molecule has 0 N–H and O–H groups in total. The minimum atomic E-state index is -0.320. The van der Waals surface area contributed by atoms with E-state index in [4.69, 9.17) is 9.47 Å². The summed E-state index contributed by atoms with van der Waals surface area (Å²) in [7, 11) is 5.55. The summed E-state index contributed by atoms with van der Waals surface area (Å²) in [5, 5.41) is 1.32. The molecule has 4 nitrogen and oxygen atoms in total. The van der Waals surface area contributed by atoms with Crippen LogP contribution >= 0.6 is 44.0 Å². The normalized spacial score (nSPS) is 19.3. The van der Waals surface area contributed by atoms with Gasteiger partial charge in [0.25, 0.3) is 0 Å². The van der Waals surface area contributed by atoms with Gasteiger partial charge in [-0.25, -0.2) is 0 Å². The summed E-state index contributed by atoms with van der Waals surface area (Å²) in [5.41, 5.74) is -0.320. The molecule has 0 bridgehead atoms. The number of hydrogen-bond donors (Lipinski definition) is 1. The molecular formula is C22H40O4S4. The van der Waals surface area contributed by atoms with Gasteiger partial charge in [0.2, 0.25) is 0 Å². The van der Waals surface area contributed by atoms with Crippen molar-refractivity contribution in [3.63, 3.8) is 0 Å². The first-order valence-electron chi connectivity index (χ1n) is 11.3. The summed E-state index contributed by atoms with van der Waals surface area (Å²) in [6.07, 6.45) is 10.2. The van der Waals surface area contributed by atoms with Crippen LogP contribution in [0.3, 0.4) is 0 Å². The van der Waals surface area contributed by atoms with Gasteiger partial charge in [-0.2, -0.15) is 0 Å². The summed E-state index contributed by atoms with van der Waals surface area (Å²) in [6, 6.07) is 0. The standard InChI is InChI=1S/C22H40O4S4/c1-4-18(29-27)10-6-8-12-20(23)25-16-22(3,5-2)17-26-21(24)13-9-7-11-19-14-15-28-30-19/h18-19,27H,4-17H2,1-3H3. The monoisotopic (exact) mass is 496 g/mol. The summed E-state index contributed by atoms with van der Waals surface area (Å²) in [6.45, 7) is 6.82. The molecule has 1 saturated heterocycles. The molecular weight excluding hydrogens is 457 g/mol. The van der Waals surface area contributed by atoms with Crippen LogP contribution in [0, 0.1) is 5.41 Å². The highest BCUT2D eigenvalue weighted by molar-refractivity contribution is 8.77. The van der Waals surface area contributed by atoms with Gasteiger partial charge in [0.05, 0.1) is 13.2 Å². The SMILES string of the molecule is CCC(CCCCC(=O)OCC(C)(CC)COC(=O)CCCCC1CCSS1)SS. The maximum atomic E-state index is 12.1. The molecule has 0 aromatic heterocycles. The van der Waals surface area contributed by atoms with Crippen molar-refractivity contribution in [3.05, 3.63) is 0 Å². The molecule has 0 aliphatic carbocycles. The van der Waals surface area contributed by atoms with Crippen LogP contribution in [0.5, 0.6) is 0 Å². The number of carbonyl (C=O) groups excluding carboxylic acids is 2. The number of ether oxygens (including phenoxy) is 2. The quantitative estimate of drug-likeness (QED) is 0.0995. The molecule has 0 aromatic carbocycles. The summed E-state index contributed by atoms with van der Waals surface area (Å²) >= 11 is 4.28.